The maximum Gasteiger partial charge on any atom is 0.0709 e. The van der Waals surface area contributed by atoms with Crippen LogP contribution in [0.25, 0.3) is 118 Å². The molecule has 0 N–H and O–H groups in total. The number of rotatable bonds is 4. The molecule has 0 amide bonds. The summed E-state index contributed by atoms with van der Waals surface area (Å²) in [5, 5.41) is 10.1. The van der Waals surface area contributed by atoms with Crippen molar-refractivity contribution in [1.82, 2.24) is 14.1 Å². The molecule has 8 aromatic carbocycles. The summed E-state index contributed by atoms with van der Waals surface area (Å²) in [5.41, 5.74) is 11.3. The minimum Gasteiger partial charge on any atom is -0.309 e. The van der Waals surface area contributed by atoms with E-state index in [1.165, 1.54) is 95.3 Å². The van der Waals surface area contributed by atoms with E-state index in [1.807, 2.05) is 22.7 Å². The van der Waals surface area contributed by atoms with E-state index in [0.29, 0.717) is 0 Å². The van der Waals surface area contributed by atoms with Gasteiger partial charge in [-0.25, -0.2) is 4.98 Å². The normalized spacial score (nSPS) is 12.1. The highest BCUT2D eigenvalue weighted by Crippen LogP contribution is 2.43. The van der Waals surface area contributed by atoms with E-state index in [-0.39, 0.29) is 0 Å². The van der Waals surface area contributed by atoms with Crippen LogP contribution in [-0.4, -0.2) is 14.1 Å². The molecule has 13 rings (SSSR count). The molecule has 0 saturated heterocycles. The van der Waals surface area contributed by atoms with Gasteiger partial charge in [0.2, 0.25) is 0 Å². The molecule has 270 valence electrons. The van der Waals surface area contributed by atoms with Gasteiger partial charge < -0.3 is 9.13 Å². The Kier molecular flexibility index (Phi) is 6.76. The van der Waals surface area contributed by atoms with Gasteiger partial charge in [-0.3, -0.25) is 0 Å². The third-order valence-corrected chi connectivity index (χ3v) is 14.2. The summed E-state index contributed by atoms with van der Waals surface area (Å²) in [6.07, 6.45) is 0. The van der Waals surface area contributed by atoms with Crippen molar-refractivity contribution >= 4 is 107 Å². The summed E-state index contributed by atoms with van der Waals surface area (Å²) in [7, 11) is 0. The molecule has 0 spiro atoms. The maximum absolute atomic E-state index is 5.34. The lowest BCUT2D eigenvalue weighted by atomic mass is 10.0. The third kappa shape index (κ3) is 4.57. The van der Waals surface area contributed by atoms with E-state index in [2.05, 4.69) is 197 Å². The van der Waals surface area contributed by atoms with Crippen LogP contribution in [0.4, 0.5) is 0 Å². The summed E-state index contributed by atoms with van der Waals surface area (Å²) in [6, 6.07) is 68.7. The predicted octanol–water partition coefficient (Wildman–Crippen LogP) is 15.3. The molecule has 0 atom stereocenters. The number of fused-ring (bicyclic) bond motifs is 12. The highest BCUT2D eigenvalue weighted by atomic mass is 32.1. The first-order chi connectivity index (χ1) is 28.8. The van der Waals surface area contributed by atoms with Gasteiger partial charge in [-0.1, -0.05) is 103 Å². The van der Waals surface area contributed by atoms with Gasteiger partial charge in [0.05, 0.1) is 44.8 Å². The van der Waals surface area contributed by atoms with Crippen molar-refractivity contribution in [3.8, 4) is 33.9 Å². The summed E-state index contributed by atoms with van der Waals surface area (Å²) < 4.78 is 10.1. The Morgan fingerprint density at radius 3 is 1.21 bits per heavy atom. The topological polar surface area (TPSA) is 22.8 Å². The van der Waals surface area contributed by atoms with E-state index >= 15 is 0 Å². The molecule has 13 aromatic rings. The Morgan fingerprint density at radius 2 is 0.707 bits per heavy atom. The van der Waals surface area contributed by atoms with Gasteiger partial charge in [-0.2, -0.15) is 0 Å². The van der Waals surface area contributed by atoms with E-state index in [9.17, 15) is 0 Å². The van der Waals surface area contributed by atoms with Gasteiger partial charge in [0.25, 0.3) is 0 Å². The third-order valence-electron chi connectivity index (χ3n) is 11.9. The number of hydrogen-bond donors (Lipinski definition) is 0. The van der Waals surface area contributed by atoms with E-state index < -0.39 is 0 Å². The Bertz CT molecular complexity index is 3570. The van der Waals surface area contributed by atoms with Gasteiger partial charge in [-0.15, -0.1) is 22.7 Å². The van der Waals surface area contributed by atoms with Gasteiger partial charge >= 0.3 is 0 Å². The molecule has 0 aliphatic heterocycles. The Labute approximate surface area is 340 Å². The number of hydrogen-bond acceptors (Lipinski definition) is 3. The van der Waals surface area contributed by atoms with E-state index in [0.717, 1.165) is 22.5 Å². The first-order valence-corrected chi connectivity index (χ1v) is 21.3. The second-order valence-electron chi connectivity index (χ2n) is 15.1. The molecular weight excluding hydrogens is 743 g/mol. The predicted molar refractivity (Wildman–Crippen MR) is 250 cm³/mol. The summed E-state index contributed by atoms with van der Waals surface area (Å²) in [5.74, 6) is 0. The average Bonchev–Trinajstić information content (AvgIpc) is 4.04. The molecule has 0 unspecified atom stereocenters. The zero-order valence-electron chi connectivity index (χ0n) is 31.1. The zero-order chi connectivity index (χ0) is 37.9. The molecule has 0 saturated carbocycles. The molecule has 0 aliphatic carbocycles. The molecule has 3 nitrogen and oxygen atoms in total. The van der Waals surface area contributed by atoms with Crippen LogP contribution in [0.1, 0.15) is 0 Å². The number of thiophene rings is 2. The maximum atomic E-state index is 5.34. The molecule has 5 aromatic heterocycles. The SMILES string of the molecule is c1cc(-c2ccc3c(c2)c2ccccc2n3-c2cccc3sc4ccccc4c23)nc(-c2ccc3c(c2)c2ccccc2n3-c2cccc3sc4ccccc4c23)c1. The van der Waals surface area contributed by atoms with Crippen molar-refractivity contribution in [2.24, 2.45) is 0 Å². The quantitative estimate of drug-likeness (QED) is 0.175. The first-order valence-electron chi connectivity index (χ1n) is 19.6. The largest absolute Gasteiger partial charge is 0.309 e. The van der Waals surface area contributed by atoms with Gasteiger partial charge in [-0.05, 0) is 84.9 Å². The van der Waals surface area contributed by atoms with Gasteiger partial charge in [0.1, 0.15) is 0 Å². The van der Waals surface area contributed by atoms with Crippen LogP contribution in [0.15, 0.2) is 188 Å². The minimum absolute atomic E-state index is 0.959. The fourth-order valence-corrected chi connectivity index (χ4v) is 11.7. The lowest BCUT2D eigenvalue weighted by molar-refractivity contribution is 1.20. The average molecular weight is 774 g/mol. The van der Waals surface area contributed by atoms with Crippen LogP contribution >= 0.6 is 22.7 Å². The molecular formula is C53H31N3S2. The first kappa shape index (κ1) is 32.1. The highest BCUT2D eigenvalue weighted by Gasteiger charge is 2.20. The summed E-state index contributed by atoms with van der Waals surface area (Å²) in [4.78, 5) is 5.34. The minimum atomic E-state index is 0.959. The van der Waals surface area contributed by atoms with E-state index in [4.69, 9.17) is 4.98 Å². The Hall–Kier alpha value is -7.05. The van der Waals surface area contributed by atoms with Crippen molar-refractivity contribution in [2.75, 3.05) is 0 Å². The van der Waals surface area contributed by atoms with Crippen LogP contribution in [0.2, 0.25) is 0 Å². The number of pyridine rings is 1. The second-order valence-corrected chi connectivity index (χ2v) is 17.2. The molecule has 0 bridgehead atoms. The number of para-hydroxylation sites is 2. The van der Waals surface area contributed by atoms with Crippen LogP contribution in [0, 0.1) is 0 Å². The summed E-state index contributed by atoms with van der Waals surface area (Å²) in [6.45, 7) is 0. The van der Waals surface area contributed by atoms with Crippen molar-refractivity contribution in [3.63, 3.8) is 0 Å². The lowest BCUT2D eigenvalue weighted by Gasteiger charge is -2.11. The van der Waals surface area contributed by atoms with Crippen LogP contribution in [-0.2, 0) is 0 Å². The van der Waals surface area contributed by atoms with Crippen molar-refractivity contribution in [2.45, 2.75) is 0 Å². The number of aromatic nitrogens is 3. The number of benzene rings is 8. The second kappa shape index (κ2) is 12.2. The fraction of sp³-hybridized carbons (Fsp3) is 0. The Balaban J connectivity index is 0.956. The van der Waals surface area contributed by atoms with Crippen LogP contribution in [0.3, 0.4) is 0 Å². The lowest BCUT2D eigenvalue weighted by Crippen LogP contribution is -1.95. The van der Waals surface area contributed by atoms with Crippen molar-refractivity contribution < 1.29 is 0 Å². The Morgan fingerprint density at radius 1 is 0.310 bits per heavy atom. The van der Waals surface area contributed by atoms with Crippen LogP contribution in [0.5, 0.6) is 0 Å². The fourth-order valence-electron chi connectivity index (χ4n) is 9.42. The molecule has 0 radical (unpaired) electrons. The van der Waals surface area contributed by atoms with Crippen molar-refractivity contribution in [1.29, 1.82) is 0 Å². The van der Waals surface area contributed by atoms with Crippen molar-refractivity contribution in [3.05, 3.63) is 188 Å². The molecule has 5 heteroatoms. The smallest absolute Gasteiger partial charge is 0.0709 e. The monoisotopic (exact) mass is 773 g/mol. The molecule has 58 heavy (non-hydrogen) atoms. The standard InChI is InChI=1S/C53H31N3S2/c1-5-18-42-34(12-1)38-30-32(26-28-44(38)55(42)46-20-10-24-50-52(46)36-14-3-7-22-48(36)57-50)40-16-9-17-41(54-40)33-27-29-45-39(31-33)35-13-2-6-19-43(35)56(45)47-21-11-25-51-53(47)37-15-4-8-23-49(37)58-51/h1-31H. The summed E-state index contributed by atoms with van der Waals surface area (Å²) >= 11 is 3.72. The zero-order valence-corrected chi connectivity index (χ0v) is 32.7. The molecule has 0 fully saturated rings. The van der Waals surface area contributed by atoms with Crippen LogP contribution < -0.4 is 0 Å². The highest BCUT2D eigenvalue weighted by molar-refractivity contribution is 7.26. The van der Waals surface area contributed by atoms with Gasteiger partial charge in [0.15, 0.2) is 0 Å². The number of nitrogens with zero attached hydrogens (tertiary/aromatic N) is 3. The van der Waals surface area contributed by atoms with E-state index in [1.54, 1.807) is 0 Å². The molecule has 5 heterocycles. The van der Waals surface area contributed by atoms with Gasteiger partial charge in [0, 0.05) is 73.0 Å². The molecule has 0 aliphatic rings.